The number of rotatable bonds is 3. The van der Waals surface area contributed by atoms with Gasteiger partial charge >= 0.3 is 5.97 Å². The Balaban J connectivity index is 2.29. The van der Waals surface area contributed by atoms with Gasteiger partial charge in [0, 0.05) is 0 Å². The van der Waals surface area contributed by atoms with Gasteiger partial charge in [-0.05, 0) is 38.3 Å². The Bertz CT molecular complexity index is 162. The summed E-state index contributed by atoms with van der Waals surface area (Å²) in [5.74, 6) is -0.289. The standard InChI is InChI=1S/C10H19NO2/c1-8(10(12)13)6-9-4-2-3-5-11-7-9/h8-9,11H,2-7H2,1H3,(H,12,13). The van der Waals surface area contributed by atoms with Crippen molar-refractivity contribution in [3.8, 4) is 0 Å². The molecule has 1 aliphatic rings. The Labute approximate surface area is 79.5 Å². The minimum atomic E-state index is -0.663. The molecule has 0 bridgehead atoms. The Morgan fingerprint density at radius 2 is 2.38 bits per heavy atom. The summed E-state index contributed by atoms with van der Waals surface area (Å²) in [7, 11) is 0. The van der Waals surface area contributed by atoms with E-state index in [1.165, 1.54) is 19.3 Å². The lowest BCUT2D eigenvalue weighted by Gasteiger charge is -2.16. The first kappa shape index (κ1) is 10.5. The molecular formula is C10H19NO2. The summed E-state index contributed by atoms with van der Waals surface area (Å²) in [6.07, 6.45) is 4.48. The van der Waals surface area contributed by atoms with Crippen LogP contribution in [0.3, 0.4) is 0 Å². The van der Waals surface area contributed by atoms with Crippen LogP contribution in [0.2, 0.25) is 0 Å². The second-order valence-electron chi connectivity index (χ2n) is 4.04. The minimum absolute atomic E-state index is 0.190. The molecule has 0 amide bonds. The quantitative estimate of drug-likeness (QED) is 0.700. The van der Waals surface area contributed by atoms with Crippen molar-refractivity contribution in [2.24, 2.45) is 11.8 Å². The van der Waals surface area contributed by atoms with Gasteiger partial charge in [0.15, 0.2) is 0 Å². The zero-order valence-corrected chi connectivity index (χ0v) is 8.25. The van der Waals surface area contributed by atoms with Gasteiger partial charge in [-0.15, -0.1) is 0 Å². The van der Waals surface area contributed by atoms with Crippen LogP contribution in [0.5, 0.6) is 0 Å². The Kier molecular flexibility index (Phi) is 4.22. The fraction of sp³-hybridized carbons (Fsp3) is 0.900. The molecule has 2 N–H and O–H groups in total. The number of hydrogen-bond donors (Lipinski definition) is 2. The van der Waals surface area contributed by atoms with Crippen LogP contribution in [0.4, 0.5) is 0 Å². The molecule has 2 atom stereocenters. The summed E-state index contributed by atoms with van der Waals surface area (Å²) in [6.45, 7) is 3.89. The van der Waals surface area contributed by atoms with Gasteiger partial charge in [-0.2, -0.15) is 0 Å². The summed E-state index contributed by atoms with van der Waals surface area (Å²) in [5, 5.41) is 12.1. The third-order valence-electron chi connectivity index (χ3n) is 2.76. The van der Waals surface area contributed by atoms with E-state index >= 15 is 0 Å². The normalized spacial score (nSPS) is 26.4. The molecule has 2 unspecified atom stereocenters. The molecule has 1 heterocycles. The molecule has 13 heavy (non-hydrogen) atoms. The fourth-order valence-corrected chi connectivity index (χ4v) is 1.89. The van der Waals surface area contributed by atoms with Crippen LogP contribution in [0, 0.1) is 11.8 Å². The highest BCUT2D eigenvalue weighted by atomic mass is 16.4. The maximum atomic E-state index is 10.6. The Morgan fingerprint density at radius 1 is 1.62 bits per heavy atom. The van der Waals surface area contributed by atoms with E-state index in [1.807, 2.05) is 0 Å². The molecule has 1 aliphatic heterocycles. The highest BCUT2D eigenvalue weighted by molar-refractivity contribution is 5.69. The molecule has 0 aromatic carbocycles. The average Bonchev–Trinajstić information content (AvgIpc) is 2.32. The third kappa shape index (κ3) is 3.77. The van der Waals surface area contributed by atoms with Crippen LogP contribution >= 0.6 is 0 Å². The highest BCUT2D eigenvalue weighted by Gasteiger charge is 2.18. The van der Waals surface area contributed by atoms with Crippen molar-refractivity contribution >= 4 is 5.97 Å². The molecule has 1 fully saturated rings. The average molecular weight is 185 g/mol. The number of carbonyl (C=O) groups is 1. The summed E-state index contributed by atoms with van der Waals surface area (Å²) in [6, 6.07) is 0. The predicted octanol–water partition coefficient (Wildman–Crippen LogP) is 1.49. The predicted molar refractivity (Wildman–Crippen MR) is 51.6 cm³/mol. The molecule has 0 aromatic rings. The van der Waals surface area contributed by atoms with Crippen LogP contribution in [0.15, 0.2) is 0 Å². The second-order valence-corrected chi connectivity index (χ2v) is 4.04. The number of aliphatic carboxylic acids is 1. The first-order valence-electron chi connectivity index (χ1n) is 5.13. The monoisotopic (exact) mass is 185 g/mol. The van der Waals surface area contributed by atoms with E-state index in [-0.39, 0.29) is 5.92 Å². The minimum Gasteiger partial charge on any atom is -0.481 e. The van der Waals surface area contributed by atoms with Gasteiger partial charge < -0.3 is 10.4 Å². The van der Waals surface area contributed by atoms with Crippen LogP contribution in [-0.2, 0) is 4.79 Å². The first-order chi connectivity index (χ1) is 6.20. The number of nitrogens with one attached hydrogen (secondary N) is 1. The van der Waals surface area contributed by atoms with E-state index in [4.69, 9.17) is 5.11 Å². The van der Waals surface area contributed by atoms with Gasteiger partial charge in [-0.25, -0.2) is 0 Å². The summed E-state index contributed by atoms with van der Waals surface area (Å²) in [4.78, 5) is 10.6. The first-order valence-corrected chi connectivity index (χ1v) is 5.13. The lowest BCUT2D eigenvalue weighted by atomic mass is 9.92. The number of carboxylic acids is 1. The van der Waals surface area contributed by atoms with Gasteiger partial charge in [-0.1, -0.05) is 13.3 Å². The smallest absolute Gasteiger partial charge is 0.306 e. The maximum Gasteiger partial charge on any atom is 0.306 e. The molecule has 1 rings (SSSR count). The zero-order valence-electron chi connectivity index (χ0n) is 8.25. The second kappa shape index (κ2) is 5.22. The molecule has 3 nitrogen and oxygen atoms in total. The van der Waals surface area contributed by atoms with Crippen LogP contribution in [0.1, 0.15) is 32.6 Å². The van der Waals surface area contributed by atoms with E-state index in [0.717, 1.165) is 19.5 Å². The third-order valence-corrected chi connectivity index (χ3v) is 2.76. The largest absolute Gasteiger partial charge is 0.481 e. The molecule has 0 aromatic heterocycles. The van der Waals surface area contributed by atoms with Crippen molar-refractivity contribution in [3.63, 3.8) is 0 Å². The van der Waals surface area contributed by atoms with Gasteiger partial charge in [0.05, 0.1) is 5.92 Å². The molecule has 76 valence electrons. The van der Waals surface area contributed by atoms with Crippen molar-refractivity contribution in [1.82, 2.24) is 5.32 Å². The van der Waals surface area contributed by atoms with Crippen LogP contribution in [0.25, 0.3) is 0 Å². The number of carboxylic acid groups (broad SMARTS) is 1. The van der Waals surface area contributed by atoms with Crippen LogP contribution in [-0.4, -0.2) is 24.2 Å². The molecule has 1 saturated heterocycles. The fourth-order valence-electron chi connectivity index (χ4n) is 1.89. The molecule has 0 spiro atoms. The van der Waals surface area contributed by atoms with Gasteiger partial charge in [0.25, 0.3) is 0 Å². The van der Waals surface area contributed by atoms with Gasteiger partial charge in [0.2, 0.25) is 0 Å². The topological polar surface area (TPSA) is 49.3 Å². The highest BCUT2D eigenvalue weighted by Crippen LogP contribution is 2.19. The van der Waals surface area contributed by atoms with Crippen molar-refractivity contribution < 1.29 is 9.90 Å². The molecule has 0 aliphatic carbocycles. The van der Waals surface area contributed by atoms with E-state index in [9.17, 15) is 4.79 Å². The maximum absolute atomic E-state index is 10.6. The zero-order chi connectivity index (χ0) is 9.68. The van der Waals surface area contributed by atoms with Crippen molar-refractivity contribution in [2.45, 2.75) is 32.6 Å². The molecule has 3 heteroatoms. The van der Waals surface area contributed by atoms with E-state index in [1.54, 1.807) is 6.92 Å². The van der Waals surface area contributed by atoms with Crippen molar-refractivity contribution in [1.29, 1.82) is 0 Å². The molecular weight excluding hydrogens is 166 g/mol. The van der Waals surface area contributed by atoms with E-state index in [2.05, 4.69) is 5.32 Å². The Hall–Kier alpha value is -0.570. The van der Waals surface area contributed by atoms with Crippen molar-refractivity contribution in [3.05, 3.63) is 0 Å². The lowest BCUT2D eigenvalue weighted by molar-refractivity contribution is -0.141. The summed E-state index contributed by atoms with van der Waals surface area (Å²) >= 11 is 0. The van der Waals surface area contributed by atoms with Crippen molar-refractivity contribution in [2.75, 3.05) is 13.1 Å². The molecule has 0 saturated carbocycles. The van der Waals surface area contributed by atoms with Gasteiger partial charge in [-0.3, -0.25) is 4.79 Å². The SMILES string of the molecule is CC(CC1CCCCNC1)C(=O)O. The van der Waals surface area contributed by atoms with E-state index < -0.39 is 5.97 Å². The lowest BCUT2D eigenvalue weighted by Crippen LogP contribution is -2.24. The molecule has 0 radical (unpaired) electrons. The van der Waals surface area contributed by atoms with Crippen LogP contribution < -0.4 is 5.32 Å². The van der Waals surface area contributed by atoms with E-state index in [0.29, 0.717) is 5.92 Å². The number of hydrogen-bond acceptors (Lipinski definition) is 2. The Morgan fingerprint density at radius 3 is 3.08 bits per heavy atom. The van der Waals surface area contributed by atoms with Gasteiger partial charge in [0.1, 0.15) is 0 Å². The summed E-state index contributed by atoms with van der Waals surface area (Å²) in [5.41, 5.74) is 0. The summed E-state index contributed by atoms with van der Waals surface area (Å²) < 4.78 is 0.